The lowest BCUT2D eigenvalue weighted by molar-refractivity contribution is -0.117. The Kier molecular flexibility index (Phi) is 9.58. The SMILES string of the molecule is CC1([C@@H](CC(=O)Nc2cncc(F)c2CCC[C@H]2CNCCN2S(=O)(=O)N2CC[C@H](F)C2)c2ccc(F)cc2)C2C=C(F)C=C(F)C21. The third-order valence-electron chi connectivity index (χ3n) is 10.2. The molecule has 6 rings (SSSR count). The molecule has 3 unspecified atom stereocenters. The molecule has 3 heterocycles. The fourth-order valence-electron chi connectivity index (χ4n) is 7.66. The molecular weight excluding hydrogens is 641 g/mol. The molecule has 2 N–H and O–H groups in total. The molecule has 2 aliphatic carbocycles. The number of benzene rings is 1. The number of allylic oxidation sites excluding steroid dienone is 4. The molecule has 0 bridgehead atoms. The first-order valence-corrected chi connectivity index (χ1v) is 17.3. The average Bonchev–Trinajstić information content (AvgIpc) is 3.37. The first-order chi connectivity index (χ1) is 22.4. The van der Waals surface area contributed by atoms with Crippen molar-refractivity contribution < 1.29 is 35.2 Å². The van der Waals surface area contributed by atoms with Gasteiger partial charge in [0.25, 0.3) is 10.2 Å². The molecule has 1 aromatic heterocycles. The van der Waals surface area contributed by atoms with Crippen LogP contribution >= 0.6 is 0 Å². The van der Waals surface area contributed by atoms with Gasteiger partial charge < -0.3 is 10.6 Å². The van der Waals surface area contributed by atoms with E-state index in [0.717, 1.165) is 12.3 Å². The van der Waals surface area contributed by atoms with Gasteiger partial charge in [-0.05, 0) is 66.7 Å². The van der Waals surface area contributed by atoms with Crippen molar-refractivity contribution >= 4 is 21.8 Å². The van der Waals surface area contributed by atoms with Gasteiger partial charge in [0.05, 0.1) is 18.1 Å². The van der Waals surface area contributed by atoms with Crippen LogP contribution < -0.4 is 10.6 Å². The molecule has 0 spiro atoms. The van der Waals surface area contributed by atoms with Crippen LogP contribution in [0, 0.1) is 28.9 Å². The Bertz CT molecular complexity index is 1670. The number of fused-ring (bicyclic) bond motifs is 1. The van der Waals surface area contributed by atoms with E-state index < -0.39 is 74.8 Å². The van der Waals surface area contributed by atoms with Crippen molar-refractivity contribution in [2.45, 2.75) is 57.2 Å². The third kappa shape index (κ3) is 6.74. The normalized spacial score (nSPS) is 28.7. The molecule has 6 atom stereocenters. The van der Waals surface area contributed by atoms with Crippen molar-refractivity contribution in [1.29, 1.82) is 0 Å². The summed E-state index contributed by atoms with van der Waals surface area (Å²) in [7, 11) is -3.86. The molecular formula is C33H38F5N5O3S. The van der Waals surface area contributed by atoms with Crippen molar-refractivity contribution in [1.82, 2.24) is 18.9 Å². The standard InChI is InChI=1S/C33H38F5N5O3S/c1-33(27-13-23(36)14-28(37)32(27)33)26(20-5-7-21(34)8-6-20)15-31(44)41-30-18-40-17-29(38)25(30)4-2-3-24-16-39-10-12-43(24)47(45,46)42-11-9-22(35)19-42/h5-8,13-14,17-18,22,24,26-27,32,39H,2-4,9-12,15-16,19H2,1H3,(H,41,44)/t22-,24-,26-,27?,32?,33?/m0/s1. The van der Waals surface area contributed by atoms with Crippen LogP contribution in [0.4, 0.5) is 27.6 Å². The molecule has 4 aliphatic rings. The Balaban J connectivity index is 1.15. The number of amides is 1. The third-order valence-corrected chi connectivity index (χ3v) is 12.3. The van der Waals surface area contributed by atoms with E-state index in [9.17, 15) is 30.8 Å². The smallest absolute Gasteiger partial charge is 0.282 e. The van der Waals surface area contributed by atoms with E-state index in [-0.39, 0.29) is 50.1 Å². The zero-order valence-corrected chi connectivity index (χ0v) is 26.8. The Morgan fingerprint density at radius 3 is 2.64 bits per heavy atom. The van der Waals surface area contributed by atoms with Crippen LogP contribution in [0.5, 0.6) is 0 Å². The number of alkyl halides is 1. The first kappa shape index (κ1) is 33.7. The van der Waals surface area contributed by atoms with Gasteiger partial charge in [0.1, 0.15) is 29.5 Å². The van der Waals surface area contributed by atoms with Gasteiger partial charge in [0.15, 0.2) is 0 Å². The van der Waals surface area contributed by atoms with Crippen molar-refractivity contribution in [3.05, 3.63) is 83.2 Å². The number of nitrogens with zero attached hydrogens (tertiary/aromatic N) is 3. The van der Waals surface area contributed by atoms with Crippen molar-refractivity contribution in [2.24, 2.45) is 17.3 Å². The zero-order valence-electron chi connectivity index (χ0n) is 25.9. The maximum Gasteiger partial charge on any atom is 0.282 e. The molecule has 47 heavy (non-hydrogen) atoms. The summed E-state index contributed by atoms with van der Waals surface area (Å²) >= 11 is 0. The second-order valence-electron chi connectivity index (χ2n) is 13.1. The highest BCUT2D eigenvalue weighted by Crippen LogP contribution is 2.71. The van der Waals surface area contributed by atoms with Crippen molar-refractivity contribution in [2.75, 3.05) is 38.0 Å². The van der Waals surface area contributed by atoms with Crippen molar-refractivity contribution in [3.63, 3.8) is 0 Å². The summed E-state index contributed by atoms with van der Waals surface area (Å²) in [5.74, 6) is -4.62. The second-order valence-corrected chi connectivity index (χ2v) is 14.9. The van der Waals surface area contributed by atoms with E-state index in [1.807, 2.05) is 0 Å². The number of hydrogen-bond acceptors (Lipinski definition) is 5. The molecule has 0 radical (unpaired) electrons. The van der Waals surface area contributed by atoms with Gasteiger partial charge >= 0.3 is 0 Å². The Labute approximate surface area is 271 Å². The summed E-state index contributed by atoms with van der Waals surface area (Å²) in [6.45, 7) is 2.85. The molecule has 14 heteroatoms. The molecule has 3 fully saturated rings. The maximum atomic E-state index is 15.1. The summed E-state index contributed by atoms with van der Waals surface area (Å²) in [5.41, 5.74) is 0.0947. The number of carbonyl (C=O) groups is 1. The van der Waals surface area contributed by atoms with Gasteiger partial charge in [-0.1, -0.05) is 19.1 Å². The molecule has 8 nitrogen and oxygen atoms in total. The van der Waals surface area contributed by atoms with E-state index in [1.54, 1.807) is 6.92 Å². The fourth-order valence-corrected chi connectivity index (χ4v) is 9.52. The Morgan fingerprint density at radius 1 is 1.15 bits per heavy atom. The van der Waals surface area contributed by atoms with E-state index in [4.69, 9.17) is 0 Å². The van der Waals surface area contributed by atoms with E-state index in [0.29, 0.717) is 31.5 Å². The quantitative estimate of drug-likeness (QED) is 0.314. The lowest BCUT2D eigenvalue weighted by Gasteiger charge is -2.37. The highest BCUT2D eigenvalue weighted by Gasteiger charge is 2.67. The van der Waals surface area contributed by atoms with Crippen LogP contribution in [-0.4, -0.2) is 72.9 Å². The monoisotopic (exact) mass is 679 g/mol. The summed E-state index contributed by atoms with van der Waals surface area (Å²) in [4.78, 5) is 17.4. The minimum Gasteiger partial charge on any atom is -0.324 e. The number of hydrogen-bond donors (Lipinski definition) is 2. The molecule has 1 amide bonds. The van der Waals surface area contributed by atoms with Gasteiger partial charge in [-0.3, -0.25) is 9.78 Å². The van der Waals surface area contributed by atoms with Gasteiger partial charge in [0, 0.05) is 62.7 Å². The predicted molar refractivity (Wildman–Crippen MR) is 166 cm³/mol. The maximum absolute atomic E-state index is 15.1. The lowest BCUT2D eigenvalue weighted by Crippen LogP contribution is -2.57. The predicted octanol–water partition coefficient (Wildman–Crippen LogP) is 5.33. The number of anilines is 1. The number of nitrogens with one attached hydrogen (secondary N) is 2. The van der Waals surface area contributed by atoms with Gasteiger partial charge in [-0.2, -0.15) is 17.0 Å². The molecule has 1 saturated carbocycles. The minimum atomic E-state index is -3.86. The number of pyridine rings is 1. The Morgan fingerprint density at radius 2 is 1.91 bits per heavy atom. The van der Waals surface area contributed by atoms with E-state index in [2.05, 4.69) is 15.6 Å². The lowest BCUT2D eigenvalue weighted by atomic mass is 9.79. The largest absolute Gasteiger partial charge is 0.324 e. The van der Waals surface area contributed by atoms with E-state index in [1.165, 1.54) is 45.1 Å². The van der Waals surface area contributed by atoms with Crippen molar-refractivity contribution in [3.8, 4) is 0 Å². The van der Waals surface area contributed by atoms with E-state index >= 15 is 4.39 Å². The Hall–Kier alpha value is -3.20. The number of carbonyl (C=O) groups excluding carboxylic acids is 1. The number of rotatable bonds is 11. The first-order valence-electron chi connectivity index (χ1n) is 15.9. The summed E-state index contributed by atoms with van der Waals surface area (Å²) in [6.07, 6.45) is 4.35. The van der Waals surface area contributed by atoms with Crippen LogP contribution in [0.3, 0.4) is 0 Å². The average molecular weight is 680 g/mol. The van der Waals surface area contributed by atoms with Crippen LogP contribution in [-0.2, 0) is 21.4 Å². The minimum absolute atomic E-state index is 0.132. The highest BCUT2D eigenvalue weighted by atomic mass is 32.2. The topological polar surface area (TPSA) is 94.6 Å². The summed E-state index contributed by atoms with van der Waals surface area (Å²) in [5, 5.41) is 5.95. The van der Waals surface area contributed by atoms with Gasteiger partial charge in [-0.25, -0.2) is 22.0 Å². The molecule has 2 aromatic rings. The van der Waals surface area contributed by atoms with Gasteiger partial charge in [0.2, 0.25) is 5.91 Å². The molecule has 254 valence electrons. The summed E-state index contributed by atoms with van der Waals surface area (Å²) in [6, 6.07) is 5.16. The molecule has 2 saturated heterocycles. The molecule has 2 aliphatic heterocycles. The van der Waals surface area contributed by atoms with Crippen LogP contribution in [0.2, 0.25) is 0 Å². The van der Waals surface area contributed by atoms with Gasteiger partial charge in [-0.15, -0.1) is 0 Å². The van der Waals surface area contributed by atoms with Crippen LogP contribution in [0.15, 0.2) is 60.5 Å². The number of halogens is 5. The molecule has 1 aromatic carbocycles. The number of piperazine rings is 1. The number of aromatic nitrogens is 1. The summed E-state index contributed by atoms with van der Waals surface area (Å²) < 4.78 is 101. The fraction of sp³-hybridized carbons (Fsp3) is 0.515. The zero-order chi connectivity index (χ0) is 33.5. The van der Waals surface area contributed by atoms with Crippen LogP contribution in [0.1, 0.15) is 49.7 Å². The second kappa shape index (κ2) is 13.4. The highest BCUT2D eigenvalue weighted by molar-refractivity contribution is 7.86. The van der Waals surface area contributed by atoms with Crippen LogP contribution in [0.25, 0.3) is 0 Å².